The fourth-order valence-electron chi connectivity index (χ4n) is 6.14. The van der Waals surface area contributed by atoms with E-state index in [1.54, 1.807) is 10.6 Å². The molecule has 0 aliphatic carbocycles. The number of alkyl halides is 1. The molecule has 0 nitrogen and oxygen atoms in total. The molecule has 3 aliphatic heterocycles. The summed E-state index contributed by atoms with van der Waals surface area (Å²) in [5.41, 5.74) is 3.35. The number of fused-ring (bicyclic) bond motifs is 3. The lowest BCUT2D eigenvalue weighted by Crippen LogP contribution is -2.28. The van der Waals surface area contributed by atoms with Crippen LogP contribution in [0.25, 0.3) is 0 Å². The van der Waals surface area contributed by atoms with Crippen molar-refractivity contribution >= 4 is 36.7 Å². The van der Waals surface area contributed by atoms with Crippen molar-refractivity contribution in [3.8, 4) is 0 Å². The highest BCUT2D eigenvalue weighted by Gasteiger charge is 2.80. The molecule has 0 unspecified atom stereocenters. The molecule has 4 atom stereocenters. The molecule has 22 heavy (non-hydrogen) atoms. The fourth-order valence-corrected chi connectivity index (χ4v) is 25.8. The summed E-state index contributed by atoms with van der Waals surface area (Å²) >= 11 is 7.58. The molecule has 0 N–H and O–H groups in total. The highest BCUT2D eigenvalue weighted by Crippen LogP contribution is 2.94. The zero-order chi connectivity index (χ0) is 15.7. The van der Waals surface area contributed by atoms with Crippen LogP contribution in [0.4, 0.5) is 0 Å². The monoisotopic (exact) mass is 354 g/mol. The molecule has 2 fully saturated rings. The van der Waals surface area contributed by atoms with Gasteiger partial charge in [0.05, 0.1) is 22.6 Å². The third-order valence-electron chi connectivity index (χ3n) is 7.34. The molecular formula is C19H29ClP2+2. The first-order chi connectivity index (χ1) is 10.5. The average Bonchev–Trinajstić information content (AvgIpc) is 3.06. The van der Waals surface area contributed by atoms with E-state index in [9.17, 15) is 0 Å². The Hall–Kier alpha value is 0.370. The second-order valence-electron chi connectivity index (χ2n) is 8.02. The van der Waals surface area contributed by atoms with Gasteiger partial charge < -0.3 is 0 Å². The minimum Gasteiger partial charge on any atom is -0.0580 e. The normalized spacial score (nSPS) is 39.0. The molecule has 3 aliphatic rings. The van der Waals surface area contributed by atoms with Crippen LogP contribution in [0.5, 0.6) is 0 Å². The van der Waals surface area contributed by atoms with Crippen LogP contribution in [0.3, 0.4) is 0 Å². The Balaban J connectivity index is 2.03. The molecule has 2 spiro atoms. The van der Waals surface area contributed by atoms with E-state index < -0.39 is 14.5 Å². The summed E-state index contributed by atoms with van der Waals surface area (Å²) in [6.45, 7) is 10.1. The first-order valence-electron chi connectivity index (χ1n) is 8.98. The van der Waals surface area contributed by atoms with E-state index in [-0.39, 0.29) is 0 Å². The zero-order valence-electron chi connectivity index (χ0n) is 14.3. The van der Waals surface area contributed by atoms with Gasteiger partial charge in [0.15, 0.2) is 0 Å². The lowest BCUT2D eigenvalue weighted by Gasteiger charge is -2.34. The highest BCUT2D eigenvalue weighted by molar-refractivity contribution is 8.07. The first kappa shape index (κ1) is 15.9. The van der Waals surface area contributed by atoms with E-state index in [1.807, 2.05) is 0 Å². The molecule has 0 radical (unpaired) electrons. The number of hydrogen-bond donors (Lipinski definition) is 0. The summed E-state index contributed by atoms with van der Waals surface area (Å²) < 4.78 is 0. The largest absolute Gasteiger partial charge is 0.250 e. The summed E-state index contributed by atoms with van der Waals surface area (Å²) in [6.07, 6.45) is 5.59. The van der Waals surface area contributed by atoms with Crippen LogP contribution < -0.4 is 10.6 Å². The van der Waals surface area contributed by atoms with Crippen molar-refractivity contribution in [2.45, 2.75) is 80.9 Å². The van der Waals surface area contributed by atoms with Gasteiger partial charge in [0, 0.05) is 0 Å². The molecule has 0 aromatic heterocycles. The van der Waals surface area contributed by atoms with Crippen LogP contribution in [-0.2, 0) is 0 Å². The van der Waals surface area contributed by atoms with Gasteiger partial charge in [-0.15, -0.1) is 0 Å². The second kappa shape index (κ2) is 5.18. The van der Waals surface area contributed by atoms with Gasteiger partial charge in [0.25, 0.3) is 4.86 Å². The van der Waals surface area contributed by atoms with Gasteiger partial charge in [-0.2, -0.15) is 0 Å². The first-order valence-corrected chi connectivity index (χ1v) is 13.4. The van der Waals surface area contributed by atoms with Crippen molar-refractivity contribution in [1.29, 1.82) is 0 Å². The summed E-state index contributed by atoms with van der Waals surface area (Å²) in [5.74, 6) is 0. The average molecular weight is 355 g/mol. The molecule has 4 rings (SSSR count). The van der Waals surface area contributed by atoms with Crippen molar-refractivity contribution < 1.29 is 0 Å². The van der Waals surface area contributed by atoms with Crippen molar-refractivity contribution in [3.05, 3.63) is 24.3 Å². The molecule has 0 amide bonds. The van der Waals surface area contributed by atoms with E-state index in [2.05, 4.69) is 52.0 Å². The van der Waals surface area contributed by atoms with E-state index in [0.29, 0.717) is 4.86 Å². The Bertz CT molecular complexity index is 528. The summed E-state index contributed by atoms with van der Waals surface area (Å²) in [7, 11) is -2.47. The van der Waals surface area contributed by atoms with Gasteiger partial charge >= 0.3 is 0 Å². The minimum atomic E-state index is -1.24. The summed E-state index contributed by atoms with van der Waals surface area (Å²) in [4.78, 5) is 0.484. The predicted molar refractivity (Wildman–Crippen MR) is 106 cm³/mol. The van der Waals surface area contributed by atoms with Crippen molar-refractivity contribution in [1.82, 2.24) is 0 Å². The number of benzene rings is 1. The lowest BCUT2D eigenvalue weighted by molar-refractivity contribution is 0.777. The highest BCUT2D eigenvalue weighted by atomic mass is 35.5. The molecule has 120 valence electrons. The van der Waals surface area contributed by atoms with Crippen LogP contribution in [0.15, 0.2) is 24.3 Å². The van der Waals surface area contributed by atoms with Crippen molar-refractivity contribution in [2.75, 3.05) is 0 Å². The zero-order valence-corrected chi connectivity index (χ0v) is 16.8. The Kier molecular flexibility index (Phi) is 3.74. The maximum atomic E-state index is 7.58. The Morgan fingerprint density at radius 2 is 1.05 bits per heavy atom. The molecule has 1 aromatic rings. The van der Waals surface area contributed by atoms with Gasteiger partial charge in [-0.25, -0.2) is 0 Å². The van der Waals surface area contributed by atoms with Gasteiger partial charge in [-0.1, -0.05) is 12.1 Å². The number of halogens is 1. The van der Waals surface area contributed by atoms with Gasteiger partial charge in [-0.3, -0.25) is 0 Å². The quantitative estimate of drug-likeness (QED) is 0.417. The van der Waals surface area contributed by atoms with Crippen LogP contribution >= 0.6 is 26.1 Å². The van der Waals surface area contributed by atoms with Crippen molar-refractivity contribution in [3.63, 3.8) is 0 Å². The van der Waals surface area contributed by atoms with E-state index in [0.717, 1.165) is 22.6 Å². The Morgan fingerprint density at radius 1 is 0.727 bits per heavy atom. The lowest BCUT2D eigenvalue weighted by atomic mass is 10.2. The van der Waals surface area contributed by atoms with E-state index in [4.69, 9.17) is 11.6 Å². The molecule has 0 saturated carbocycles. The summed E-state index contributed by atoms with van der Waals surface area (Å²) in [6, 6.07) is 9.55. The standard InChI is InChI=1S/C19H29ClP2/c1-13-9-10-14(2)21(13)17-7-5-6-8-18(17)22(19(21)20)15(3)11-12-16(22)4/h5-8,13-16,19H,9-12H2,1-4H3/q+2/t13-,14-,15-,16-/m0/s1. The Morgan fingerprint density at radius 3 is 1.36 bits per heavy atom. The predicted octanol–water partition coefficient (Wildman–Crippen LogP) is 5.65. The smallest absolute Gasteiger partial charge is 0.0580 e. The van der Waals surface area contributed by atoms with Gasteiger partial charge in [0.1, 0.15) is 25.1 Å². The molecular weight excluding hydrogens is 326 g/mol. The number of rotatable bonds is 0. The Labute approximate surface area is 142 Å². The van der Waals surface area contributed by atoms with Crippen LogP contribution in [-0.4, -0.2) is 27.5 Å². The minimum absolute atomic E-state index is 0.484. The SMILES string of the molecule is C[C@H]1CC[C@H](C)[P+]12c1ccccc1[P+]1(C2Cl)[C@@H](C)CC[C@@H]1C. The third-order valence-corrected chi connectivity index (χ3v) is 22.5. The van der Waals surface area contributed by atoms with Gasteiger partial charge in [-0.05, 0) is 77.1 Å². The number of hydrogen-bond acceptors (Lipinski definition) is 0. The third kappa shape index (κ3) is 1.59. The molecule has 0 bridgehead atoms. The molecule has 1 aromatic carbocycles. The fraction of sp³-hybridized carbons (Fsp3) is 0.684. The second-order valence-corrected chi connectivity index (χ2v) is 18.3. The van der Waals surface area contributed by atoms with Crippen molar-refractivity contribution in [2.24, 2.45) is 0 Å². The summed E-state index contributed by atoms with van der Waals surface area (Å²) in [5, 5.41) is 3.53. The van der Waals surface area contributed by atoms with Crippen LogP contribution in [0.1, 0.15) is 53.4 Å². The van der Waals surface area contributed by atoms with Crippen LogP contribution in [0.2, 0.25) is 0 Å². The topological polar surface area (TPSA) is 0 Å². The maximum absolute atomic E-state index is 7.58. The van der Waals surface area contributed by atoms with E-state index >= 15 is 0 Å². The molecule has 3 heteroatoms. The molecule has 3 heterocycles. The maximum Gasteiger partial charge on any atom is 0.250 e. The molecule has 2 saturated heterocycles. The van der Waals surface area contributed by atoms with Gasteiger partial charge in [0.2, 0.25) is 0 Å². The van der Waals surface area contributed by atoms with E-state index in [1.165, 1.54) is 25.7 Å². The van der Waals surface area contributed by atoms with Crippen LogP contribution in [0, 0.1) is 0 Å².